The fraction of sp³-hybridized carbons (Fsp3) is 0.471. The van der Waals surface area contributed by atoms with E-state index < -0.39 is 0 Å². The van der Waals surface area contributed by atoms with Crippen LogP contribution in [0.3, 0.4) is 0 Å². The van der Waals surface area contributed by atoms with E-state index in [0.29, 0.717) is 0 Å². The van der Waals surface area contributed by atoms with Gasteiger partial charge >= 0.3 is 0 Å². The highest BCUT2D eigenvalue weighted by Gasteiger charge is 2.29. The van der Waals surface area contributed by atoms with Gasteiger partial charge in [-0.25, -0.2) is 4.98 Å². The average molecular weight is 286 g/mol. The third-order valence-electron chi connectivity index (χ3n) is 3.70. The van der Waals surface area contributed by atoms with Crippen LogP contribution in [-0.4, -0.2) is 11.5 Å². The number of hydrogen-bond donors (Lipinski definition) is 1. The van der Waals surface area contributed by atoms with E-state index in [1.807, 2.05) is 11.3 Å². The molecule has 1 heterocycles. The van der Waals surface area contributed by atoms with E-state index in [1.54, 1.807) is 0 Å². The lowest BCUT2D eigenvalue weighted by molar-refractivity contribution is 0.676. The molecule has 20 heavy (non-hydrogen) atoms. The fourth-order valence-corrected chi connectivity index (χ4v) is 3.49. The minimum atomic E-state index is 0.726. The van der Waals surface area contributed by atoms with Crippen molar-refractivity contribution < 1.29 is 0 Å². The number of nitrogens with zero attached hydrogens (tertiary/aromatic N) is 1. The lowest BCUT2D eigenvalue weighted by atomic mass is 10.1. The molecule has 0 spiro atoms. The summed E-state index contributed by atoms with van der Waals surface area (Å²) in [5, 5.41) is 4.70. The maximum atomic E-state index is 4.93. The Balaban J connectivity index is 1.84. The Hall–Kier alpha value is -1.19. The molecule has 0 saturated heterocycles. The van der Waals surface area contributed by atoms with Crippen LogP contribution in [0.15, 0.2) is 24.3 Å². The largest absolute Gasteiger partial charge is 0.312 e. The Morgan fingerprint density at radius 1 is 1.25 bits per heavy atom. The van der Waals surface area contributed by atoms with Gasteiger partial charge in [0.15, 0.2) is 0 Å². The number of rotatable bonds is 6. The highest BCUT2D eigenvalue weighted by Crippen LogP contribution is 2.44. The van der Waals surface area contributed by atoms with Gasteiger partial charge in [0.25, 0.3) is 0 Å². The first-order valence-corrected chi connectivity index (χ1v) is 8.37. The molecule has 3 rings (SSSR count). The minimum absolute atomic E-state index is 0.726. The van der Waals surface area contributed by atoms with Gasteiger partial charge in [-0.15, -0.1) is 11.3 Å². The van der Waals surface area contributed by atoms with Crippen molar-refractivity contribution in [3.63, 3.8) is 0 Å². The van der Waals surface area contributed by atoms with Crippen LogP contribution in [-0.2, 0) is 6.54 Å². The first-order chi connectivity index (χ1) is 9.78. The van der Waals surface area contributed by atoms with Crippen LogP contribution in [0, 0.1) is 6.92 Å². The molecule has 0 atom stereocenters. The van der Waals surface area contributed by atoms with Crippen molar-refractivity contribution in [3.8, 4) is 10.6 Å². The molecule has 0 radical (unpaired) electrons. The number of benzene rings is 1. The molecule has 106 valence electrons. The van der Waals surface area contributed by atoms with Gasteiger partial charge in [-0.05, 0) is 32.7 Å². The lowest BCUT2D eigenvalue weighted by Gasteiger charge is -2.01. The maximum absolute atomic E-state index is 4.93. The van der Waals surface area contributed by atoms with Gasteiger partial charge < -0.3 is 5.32 Å². The van der Waals surface area contributed by atoms with E-state index in [1.165, 1.54) is 46.0 Å². The number of aryl methyl sites for hydroxylation is 1. The summed E-state index contributed by atoms with van der Waals surface area (Å²) in [6.07, 6.45) is 3.82. The molecule has 1 aromatic heterocycles. The van der Waals surface area contributed by atoms with E-state index in [9.17, 15) is 0 Å². The summed E-state index contributed by atoms with van der Waals surface area (Å²) in [6.45, 7) is 6.39. The molecule has 2 nitrogen and oxygen atoms in total. The highest BCUT2D eigenvalue weighted by atomic mass is 32.1. The molecule has 3 heteroatoms. The van der Waals surface area contributed by atoms with Crippen LogP contribution in [0.4, 0.5) is 0 Å². The van der Waals surface area contributed by atoms with E-state index in [2.05, 4.69) is 43.4 Å². The van der Waals surface area contributed by atoms with E-state index >= 15 is 0 Å². The van der Waals surface area contributed by atoms with Gasteiger partial charge in [-0.1, -0.05) is 36.8 Å². The van der Waals surface area contributed by atoms with E-state index in [-0.39, 0.29) is 0 Å². The highest BCUT2D eigenvalue weighted by molar-refractivity contribution is 7.15. The van der Waals surface area contributed by atoms with Crippen LogP contribution < -0.4 is 5.32 Å². The smallest absolute Gasteiger partial charge is 0.123 e. The zero-order valence-corrected chi connectivity index (χ0v) is 13.1. The van der Waals surface area contributed by atoms with E-state index in [4.69, 9.17) is 4.98 Å². The molecule has 1 aliphatic rings. The van der Waals surface area contributed by atoms with Crippen molar-refractivity contribution in [3.05, 3.63) is 40.4 Å². The molecule has 1 N–H and O–H groups in total. The van der Waals surface area contributed by atoms with Crippen molar-refractivity contribution in [1.82, 2.24) is 10.3 Å². The zero-order valence-electron chi connectivity index (χ0n) is 12.3. The van der Waals surface area contributed by atoms with Gasteiger partial charge in [-0.3, -0.25) is 0 Å². The summed E-state index contributed by atoms with van der Waals surface area (Å²) in [5.74, 6) is 0.726. The fourth-order valence-electron chi connectivity index (χ4n) is 2.36. The number of nitrogens with one attached hydrogen (secondary N) is 1. The first-order valence-electron chi connectivity index (χ1n) is 7.55. The van der Waals surface area contributed by atoms with Crippen LogP contribution in [0.1, 0.15) is 48.2 Å². The third kappa shape index (κ3) is 3.10. The zero-order chi connectivity index (χ0) is 13.9. The first kappa shape index (κ1) is 13.8. The van der Waals surface area contributed by atoms with Gasteiger partial charge in [0.1, 0.15) is 5.01 Å². The number of aromatic nitrogens is 1. The van der Waals surface area contributed by atoms with E-state index in [0.717, 1.165) is 19.0 Å². The van der Waals surface area contributed by atoms with Crippen LogP contribution in [0.2, 0.25) is 0 Å². The SMILES string of the molecule is CCCNCc1sc(-c2ccc(C)cc2)nc1C1CC1. The second-order valence-electron chi connectivity index (χ2n) is 5.64. The van der Waals surface area contributed by atoms with Crippen LogP contribution in [0.25, 0.3) is 10.6 Å². The molecule has 0 amide bonds. The van der Waals surface area contributed by atoms with Gasteiger partial charge in [0.2, 0.25) is 0 Å². The Morgan fingerprint density at radius 3 is 2.65 bits per heavy atom. The summed E-state index contributed by atoms with van der Waals surface area (Å²) in [6, 6.07) is 8.72. The Kier molecular flexibility index (Phi) is 4.18. The third-order valence-corrected chi connectivity index (χ3v) is 4.82. The average Bonchev–Trinajstić information content (AvgIpc) is 3.21. The second kappa shape index (κ2) is 6.06. The molecule has 1 aromatic carbocycles. The number of thiazole rings is 1. The molecule has 1 saturated carbocycles. The van der Waals surface area contributed by atoms with Crippen molar-refractivity contribution in [2.75, 3.05) is 6.54 Å². The molecule has 1 aliphatic carbocycles. The topological polar surface area (TPSA) is 24.9 Å². The maximum Gasteiger partial charge on any atom is 0.123 e. The second-order valence-corrected chi connectivity index (χ2v) is 6.73. The quantitative estimate of drug-likeness (QED) is 0.791. The van der Waals surface area contributed by atoms with Gasteiger partial charge in [0, 0.05) is 22.9 Å². The minimum Gasteiger partial charge on any atom is -0.312 e. The van der Waals surface area contributed by atoms with Crippen molar-refractivity contribution in [2.24, 2.45) is 0 Å². The van der Waals surface area contributed by atoms with Gasteiger partial charge in [0.05, 0.1) is 5.69 Å². The van der Waals surface area contributed by atoms with Crippen molar-refractivity contribution in [2.45, 2.75) is 45.6 Å². The van der Waals surface area contributed by atoms with Gasteiger partial charge in [-0.2, -0.15) is 0 Å². The molecule has 0 unspecified atom stereocenters. The number of hydrogen-bond acceptors (Lipinski definition) is 3. The molecular weight excluding hydrogens is 264 g/mol. The molecule has 2 aromatic rings. The van der Waals surface area contributed by atoms with Crippen molar-refractivity contribution in [1.29, 1.82) is 0 Å². The molecular formula is C17H22N2S. The predicted molar refractivity (Wildman–Crippen MR) is 86.3 cm³/mol. The molecule has 1 fully saturated rings. The summed E-state index contributed by atoms with van der Waals surface area (Å²) in [4.78, 5) is 6.37. The van der Waals surface area contributed by atoms with Crippen LogP contribution in [0.5, 0.6) is 0 Å². The summed E-state index contributed by atoms with van der Waals surface area (Å²) < 4.78 is 0. The van der Waals surface area contributed by atoms with Crippen LogP contribution >= 0.6 is 11.3 Å². The predicted octanol–water partition coefficient (Wildman–Crippen LogP) is 4.50. The Labute approximate surface area is 125 Å². The summed E-state index contributed by atoms with van der Waals surface area (Å²) in [5.41, 5.74) is 3.91. The van der Waals surface area contributed by atoms with Crippen molar-refractivity contribution >= 4 is 11.3 Å². The molecule has 0 bridgehead atoms. The Morgan fingerprint density at radius 2 is 2.00 bits per heavy atom. The Bertz CT molecular complexity index is 567. The lowest BCUT2D eigenvalue weighted by Crippen LogP contribution is -2.13. The standard InChI is InChI=1S/C17H22N2S/c1-3-10-18-11-15-16(13-8-9-13)19-17(20-15)14-6-4-12(2)5-7-14/h4-7,13,18H,3,8-11H2,1-2H3. The summed E-state index contributed by atoms with van der Waals surface area (Å²) in [7, 11) is 0. The normalized spacial score (nSPS) is 14.7. The molecule has 0 aliphatic heterocycles. The summed E-state index contributed by atoms with van der Waals surface area (Å²) >= 11 is 1.86. The monoisotopic (exact) mass is 286 g/mol.